The number of aryl methyl sites for hydroxylation is 1. The molecule has 0 fully saturated rings. The molecule has 4 N–H and O–H groups in total. The standard InChI is InChI=1S/C27H28F6N2O3S/c1-16(8-9-21-10-11-24(39-21)25(34)38)35(14-22(36)17-4-2-6-19(12-17)26(28,29)30)15-23(37)18-5-3-7-20(13-18)27(31,32)33/h2-7,10-13,16,22-23,36-37H,8-9,14-15H2,1H3,(H2,34,38)/t16-,22+,23+/m0/s1. The molecule has 0 saturated carbocycles. The van der Waals surface area contributed by atoms with E-state index >= 15 is 0 Å². The molecule has 5 nitrogen and oxygen atoms in total. The molecule has 39 heavy (non-hydrogen) atoms. The van der Waals surface area contributed by atoms with E-state index in [1.165, 1.54) is 35.6 Å². The molecule has 0 radical (unpaired) electrons. The van der Waals surface area contributed by atoms with Crippen LogP contribution in [0.2, 0.25) is 0 Å². The molecule has 0 saturated heterocycles. The normalized spacial score (nSPS) is 14.8. The molecule has 2 aromatic carbocycles. The Morgan fingerprint density at radius 2 is 1.36 bits per heavy atom. The van der Waals surface area contributed by atoms with E-state index in [1.807, 2.05) is 0 Å². The Morgan fingerprint density at radius 1 is 0.872 bits per heavy atom. The average Bonchev–Trinajstić information content (AvgIpc) is 3.35. The summed E-state index contributed by atoms with van der Waals surface area (Å²) in [7, 11) is 0. The van der Waals surface area contributed by atoms with E-state index < -0.39 is 41.6 Å². The maximum atomic E-state index is 13.2. The van der Waals surface area contributed by atoms with Crippen LogP contribution < -0.4 is 5.73 Å². The largest absolute Gasteiger partial charge is 0.416 e. The molecular weight excluding hydrogens is 546 g/mol. The van der Waals surface area contributed by atoms with Crippen LogP contribution in [-0.4, -0.2) is 40.2 Å². The highest BCUT2D eigenvalue weighted by Gasteiger charge is 2.32. The third-order valence-electron chi connectivity index (χ3n) is 6.35. The number of benzene rings is 2. The number of nitrogens with zero attached hydrogens (tertiary/aromatic N) is 1. The van der Waals surface area contributed by atoms with Gasteiger partial charge in [0.15, 0.2) is 0 Å². The number of aliphatic hydroxyl groups excluding tert-OH is 2. The molecule has 3 rings (SSSR count). The van der Waals surface area contributed by atoms with Crippen molar-refractivity contribution in [2.45, 2.75) is 50.4 Å². The molecule has 12 heteroatoms. The van der Waals surface area contributed by atoms with Crippen LogP contribution in [0.1, 0.15) is 62.4 Å². The number of amides is 1. The van der Waals surface area contributed by atoms with Crippen molar-refractivity contribution >= 4 is 17.2 Å². The number of primary amides is 1. The van der Waals surface area contributed by atoms with E-state index in [2.05, 4.69) is 0 Å². The number of hydrogen-bond donors (Lipinski definition) is 3. The number of carbonyl (C=O) groups is 1. The van der Waals surface area contributed by atoms with Crippen molar-refractivity contribution in [3.8, 4) is 0 Å². The molecule has 0 unspecified atom stereocenters. The number of alkyl halides is 6. The maximum absolute atomic E-state index is 13.2. The van der Waals surface area contributed by atoms with Crippen LogP contribution in [-0.2, 0) is 18.8 Å². The van der Waals surface area contributed by atoms with Crippen molar-refractivity contribution in [3.05, 3.63) is 92.7 Å². The predicted octanol–water partition coefficient (Wildman–Crippen LogP) is 5.97. The lowest BCUT2D eigenvalue weighted by Crippen LogP contribution is -2.39. The fourth-order valence-corrected chi connectivity index (χ4v) is 4.99. The highest BCUT2D eigenvalue weighted by molar-refractivity contribution is 7.14. The topological polar surface area (TPSA) is 86.8 Å². The quantitative estimate of drug-likeness (QED) is 0.246. The zero-order valence-electron chi connectivity index (χ0n) is 20.8. The fraction of sp³-hybridized carbons (Fsp3) is 0.370. The Labute approximate surface area is 225 Å². The van der Waals surface area contributed by atoms with Crippen molar-refractivity contribution in [3.63, 3.8) is 0 Å². The number of carbonyl (C=O) groups excluding carboxylic acids is 1. The molecular formula is C27H28F6N2O3S. The van der Waals surface area contributed by atoms with Gasteiger partial charge in [-0.1, -0.05) is 24.3 Å². The summed E-state index contributed by atoms with van der Waals surface area (Å²) in [6.45, 7) is 1.41. The summed E-state index contributed by atoms with van der Waals surface area (Å²) in [5, 5.41) is 21.7. The van der Waals surface area contributed by atoms with Crippen molar-refractivity contribution in [1.82, 2.24) is 4.90 Å². The van der Waals surface area contributed by atoms with E-state index in [0.717, 1.165) is 29.1 Å². The third kappa shape index (κ3) is 8.53. The van der Waals surface area contributed by atoms with Gasteiger partial charge in [0, 0.05) is 24.0 Å². The van der Waals surface area contributed by atoms with E-state index in [1.54, 1.807) is 24.0 Å². The highest BCUT2D eigenvalue weighted by atomic mass is 32.1. The highest BCUT2D eigenvalue weighted by Crippen LogP contribution is 2.33. The zero-order valence-corrected chi connectivity index (χ0v) is 21.7. The van der Waals surface area contributed by atoms with Crippen molar-refractivity contribution < 1.29 is 41.4 Å². The van der Waals surface area contributed by atoms with Gasteiger partial charge in [0.1, 0.15) is 0 Å². The molecule has 1 aromatic heterocycles. The maximum Gasteiger partial charge on any atom is 0.416 e. The van der Waals surface area contributed by atoms with Gasteiger partial charge in [0.25, 0.3) is 5.91 Å². The third-order valence-corrected chi connectivity index (χ3v) is 7.51. The summed E-state index contributed by atoms with van der Waals surface area (Å²) in [6, 6.07) is 11.5. The van der Waals surface area contributed by atoms with Gasteiger partial charge in [-0.3, -0.25) is 9.69 Å². The van der Waals surface area contributed by atoms with Crippen molar-refractivity contribution in [2.75, 3.05) is 13.1 Å². The first-order chi connectivity index (χ1) is 18.1. The number of halogens is 6. The second-order valence-electron chi connectivity index (χ2n) is 9.25. The van der Waals surface area contributed by atoms with Crippen LogP contribution >= 0.6 is 11.3 Å². The second-order valence-corrected chi connectivity index (χ2v) is 10.4. The number of rotatable bonds is 11. The van der Waals surface area contributed by atoms with Crippen LogP contribution in [0.3, 0.4) is 0 Å². The van der Waals surface area contributed by atoms with E-state index in [0.29, 0.717) is 17.7 Å². The SMILES string of the molecule is C[C@@H](CCc1ccc(C(N)=O)s1)N(C[C@@H](O)c1cccc(C(F)(F)F)c1)C[C@@H](O)c1cccc(C(F)(F)F)c1. The van der Waals surface area contributed by atoms with Gasteiger partial charge in [-0.05, 0) is 67.3 Å². The van der Waals surface area contributed by atoms with Gasteiger partial charge in [0.2, 0.25) is 0 Å². The van der Waals surface area contributed by atoms with Crippen molar-refractivity contribution in [1.29, 1.82) is 0 Å². The second kappa shape index (κ2) is 12.5. The van der Waals surface area contributed by atoms with Gasteiger partial charge in [-0.15, -0.1) is 11.3 Å². The minimum absolute atomic E-state index is 0.0138. The van der Waals surface area contributed by atoms with Gasteiger partial charge in [-0.25, -0.2) is 0 Å². The van der Waals surface area contributed by atoms with Crippen LogP contribution in [0.25, 0.3) is 0 Å². The molecule has 0 aliphatic carbocycles. The summed E-state index contributed by atoms with van der Waals surface area (Å²) in [5.41, 5.74) is 3.47. The average molecular weight is 575 g/mol. The number of aliphatic hydroxyl groups is 2. The molecule has 0 aliphatic heterocycles. The lowest BCUT2D eigenvalue weighted by atomic mass is 10.0. The molecule has 0 aliphatic rings. The first kappa shape index (κ1) is 30.6. The molecule has 0 spiro atoms. The molecule has 0 bridgehead atoms. The molecule has 1 heterocycles. The van der Waals surface area contributed by atoms with Crippen LogP contribution in [0.5, 0.6) is 0 Å². The Balaban J connectivity index is 1.81. The van der Waals surface area contributed by atoms with Gasteiger partial charge < -0.3 is 15.9 Å². The number of thiophene rings is 1. The number of hydrogen-bond acceptors (Lipinski definition) is 5. The minimum Gasteiger partial charge on any atom is -0.387 e. The smallest absolute Gasteiger partial charge is 0.387 e. The first-order valence-corrected chi connectivity index (χ1v) is 12.8. The first-order valence-electron chi connectivity index (χ1n) is 12.0. The van der Waals surface area contributed by atoms with Crippen LogP contribution in [0.15, 0.2) is 60.7 Å². The predicted molar refractivity (Wildman–Crippen MR) is 135 cm³/mol. The summed E-state index contributed by atoms with van der Waals surface area (Å²) in [6.07, 6.45) is -11.0. The summed E-state index contributed by atoms with van der Waals surface area (Å²) >= 11 is 1.22. The molecule has 1 amide bonds. The van der Waals surface area contributed by atoms with Crippen molar-refractivity contribution in [2.24, 2.45) is 5.73 Å². The number of nitrogens with two attached hydrogens (primary N) is 1. The van der Waals surface area contributed by atoms with E-state index in [4.69, 9.17) is 5.73 Å². The monoisotopic (exact) mass is 574 g/mol. The minimum atomic E-state index is -4.60. The molecule has 212 valence electrons. The van der Waals surface area contributed by atoms with E-state index in [-0.39, 0.29) is 30.3 Å². The lowest BCUT2D eigenvalue weighted by molar-refractivity contribution is -0.138. The van der Waals surface area contributed by atoms with E-state index in [9.17, 15) is 41.4 Å². The Hall–Kier alpha value is -2.93. The van der Waals surface area contributed by atoms with Gasteiger partial charge in [0.05, 0.1) is 28.2 Å². The molecule has 3 aromatic rings. The van der Waals surface area contributed by atoms with Gasteiger partial charge in [-0.2, -0.15) is 26.3 Å². The van der Waals surface area contributed by atoms with Crippen LogP contribution in [0.4, 0.5) is 26.3 Å². The summed E-state index contributed by atoms with van der Waals surface area (Å²) < 4.78 is 79.1. The Kier molecular flexibility index (Phi) is 9.81. The summed E-state index contributed by atoms with van der Waals surface area (Å²) in [5.74, 6) is -0.561. The molecule has 3 atom stereocenters. The lowest BCUT2D eigenvalue weighted by Gasteiger charge is -2.33. The van der Waals surface area contributed by atoms with Gasteiger partial charge >= 0.3 is 12.4 Å². The van der Waals surface area contributed by atoms with Crippen LogP contribution in [0, 0.1) is 0 Å². The zero-order chi connectivity index (χ0) is 29.0. The summed E-state index contributed by atoms with van der Waals surface area (Å²) in [4.78, 5) is 14.2. The Bertz CT molecular complexity index is 1200. The fourth-order valence-electron chi connectivity index (χ4n) is 4.11. The Morgan fingerprint density at radius 3 is 1.77 bits per heavy atom.